The van der Waals surface area contributed by atoms with Crippen LogP contribution in [0.5, 0.6) is 0 Å². The minimum Gasteiger partial charge on any atom is -0.396 e. The first-order valence-electron chi connectivity index (χ1n) is 6.78. The van der Waals surface area contributed by atoms with Gasteiger partial charge >= 0.3 is 0 Å². The third kappa shape index (κ3) is 3.02. The van der Waals surface area contributed by atoms with Gasteiger partial charge in [0, 0.05) is 30.9 Å². The lowest BCUT2D eigenvalue weighted by Crippen LogP contribution is -2.47. The van der Waals surface area contributed by atoms with Crippen molar-refractivity contribution in [1.82, 2.24) is 9.88 Å². The number of allylic oxidation sites excluding steroid dienone is 1. The van der Waals surface area contributed by atoms with Gasteiger partial charge in [0.1, 0.15) is 5.69 Å². The average Bonchev–Trinajstić information content (AvgIpc) is 2.96. The Morgan fingerprint density at radius 3 is 3.15 bits per heavy atom. The minimum atomic E-state index is -0.239. The van der Waals surface area contributed by atoms with Crippen LogP contribution in [0.2, 0.25) is 0 Å². The van der Waals surface area contributed by atoms with Crippen molar-refractivity contribution in [1.29, 1.82) is 0 Å². The zero-order valence-electron chi connectivity index (χ0n) is 11.8. The smallest absolute Gasteiger partial charge is 0.273 e. The summed E-state index contributed by atoms with van der Waals surface area (Å²) in [5.74, 6) is -0.0515. The Morgan fingerprint density at radius 2 is 2.55 bits per heavy atom. The van der Waals surface area contributed by atoms with Crippen molar-refractivity contribution in [2.45, 2.75) is 19.3 Å². The van der Waals surface area contributed by atoms with Crippen LogP contribution in [0, 0.1) is 5.41 Å². The van der Waals surface area contributed by atoms with E-state index in [9.17, 15) is 9.90 Å². The van der Waals surface area contributed by atoms with Crippen molar-refractivity contribution in [2.75, 3.05) is 32.1 Å². The average molecular weight is 295 g/mol. The number of carbonyl (C=O) groups is 1. The highest BCUT2D eigenvalue weighted by atomic mass is 32.1. The number of rotatable bonds is 5. The van der Waals surface area contributed by atoms with Gasteiger partial charge in [0.15, 0.2) is 5.13 Å². The SMILES string of the molecule is C=CC[C@]1(CO)CCCN(C(=O)c2csc(NC)n2)C1. The van der Waals surface area contributed by atoms with Gasteiger partial charge in [-0.2, -0.15) is 0 Å². The molecule has 1 aliphatic rings. The van der Waals surface area contributed by atoms with Crippen molar-refractivity contribution in [2.24, 2.45) is 5.41 Å². The van der Waals surface area contributed by atoms with E-state index in [4.69, 9.17) is 0 Å². The number of anilines is 1. The molecular formula is C14H21N3O2S. The molecule has 5 nitrogen and oxygen atoms in total. The number of nitrogens with zero attached hydrogens (tertiary/aromatic N) is 2. The first-order chi connectivity index (χ1) is 9.64. The van der Waals surface area contributed by atoms with Crippen LogP contribution in [-0.2, 0) is 0 Å². The molecule has 2 heterocycles. The van der Waals surface area contributed by atoms with Crippen LogP contribution in [0.4, 0.5) is 5.13 Å². The Hall–Kier alpha value is -1.40. The molecule has 2 rings (SSSR count). The molecule has 0 saturated carbocycles. The highest BCUT2D eigenvalue weighted by Gasteiger charge is 2.36. The van der Waals surface area contributed by atoms with Gasteiger partial charge in [-0.3, -0.25) is 4.79 Å². The first kappa shape index (κ1) is 15.0. The Morgan fingerprint density at radius 1 is 1.75 bits per heavy atom. The van der Waals surface area contributed by atoms with Crippen molar-refractivity contribution < 1.29 is 9.90 Å². The Labute approximate surface area is 123 Å². The summed E-state index contributed by atoms with van der Waals surface area (Å²) in [5, 5.41) is 15.1. The molecule has 0 radical (unpaired) electrons. The van der Waals surface area contributed by atoms with Gasteiger partial charge in [-0.25, -0.2) is 4.98 Å². The number of hydrogen-bond acceptors (Lipinski definition) is 5. The van der Waals surface area contributed by atoms with Crippen molar-refractivity contribution >= 4 is 22.4 Å². The maximum atomic E-state index is 12.5. The van der Waals surface area contributed by atoms with Crippen LogP contribution in [0.1, 0.15) is 29.8 Å². The normalized spacial score (nSPS) is 22.6. The molecule has 20 heavy (non-hydrogen) atoms. The second-order valence-electron chi connectivity index (χ2n) is 5.27. The minimum absolute atomic E-state index is 0.0515. The third-order valence-electron chi connectivity index (χ3n) is 3.80. The predicted octanol–water partition coefficient (Wildman–Crippen LogP) is 1.98. The van der Waals surface area contributed by atoms with Gasteiger partial charge in [0.25, 0.3) is 5.91 Å². The molecule has 1 atom stereocenters. The van der Waals surface area contributed by atoms with E-state index in [-0.39, 0.29) is 17.9 Å². The Bertz CT molecular complexity index is 489. The molecule has 0 aromatic carbocycles. The van der Waals surface area contributed by atoms with Crippen LogP contribution in [-0.4, -0.2) is 47.6 Å². The number of carbonyl (C=O) groups excluding carboxylic acids is 1. The lowest BCUT2D eigenvalue weighted by atomic mass is 9.78. The highest BCUT2D eigenvalue weighted by Crippen LogP contribution is 2.34. The van der Waals surface area contributed by atoms with E-state index in [2.05, 4.69) is 16.9 Å². The summed E-state index contributed by atoms with van der Waals surface area (Å²) in [6.07, 6.45) is 4.39. The molecule has 1 aromatic heterocycles. The second-order valence-corrected chi connectivity index (χ2v) is 6.13. The lowest BCUT2D eigenvalue weighted by Gasteiger charge is -2.41. The molecule has 0 unspecified atom stereocenters. The van der Waals surface area contributed by atoms with Crippen molar-refractivity contribution in [3.8, 4) is 0 Å². The number of thiazole rings is 1. The number of aliphatic hydroxyl groups excluding tert-OH is 1. The standard InChI is InChI=1S/C14H21N3O2S/c1-3-5-14(10-18)6-4-7-17(9-14)12(19)11-8-20-13(15-2)16-11/h3,8,18H,1,4-7,9-10H2,2H3,(H,15,16)/t14-/m0/s1. The van der Waals surface area contributed by atoms with Gasteiger partial charge < -0.3 is 15.3 Å². The largest absolute Gasteiger partial charge is 0.396 e. The summed E-state index contributed by atoms with van der Waals surface area (Å²) in [7, 11) is 1.79. The number of amides is 1. The van der Waals surface area contributed by atoms with E-state index in [1.807, 2.05) is 6.08 Å². The van der Waals surface area contributed by atoms with E-state index < -0.39 is 0 Å². The first-order valence-corrected chi connectivity index (χ1v) is 7.66. The quantitative estimate of drug-likeness (QED) is 0.815. The summed E-state index contributed by atoms with van der Waals surface area (Å²) in [5.41, 5.74) is 0.240. The maximum absolute atomic E-state index is 12.5. The van der Waals surface area contributed by atoms with E-state index in [1.165, 1.54) is 11.3 Å². The van der Waals surface area contributed by atoms with Gasteiger partial charge in [0.05, 0.1) is 6.61 Å². The molecule has 0 bridgehead atoms. The van der Waals surface area contributed by atoms with E-state index in [0.717, 1.165) is 30.9 Å². The molecule has 1 aromatic rings. The number of piperidine rings is 1. The third-order valence-corrected chi connectivity index (χ3v) is 4.66. The van der Waals surface area contributed by atoms with Crippen LogP contribution in [0.15, 0.2) is 18.0 Å². The number of aromatic nitrogens is 1. The van der Waals surface area contributed by atoms with E-state index >= 15 is 0 Å². The molecular weight excluding hydrogens is 274 g/mol. The topological polar surface area (TPSA) is 65.5 Å². The number of nitrogens with one attached hydrogen (secondary N) is 1. The predicted molar refractivity (Wildman–Crippen MR) is 81.1 cm³/mol. The van der Waals surface area contributed by atoms with Gasteiger partial charge in [-0.15, -0.1) is 17.9 Å². The zero-order chi connectivity index (χ0) is 14.6. The maximum Gasteiger partial charge on any atom is 0.273 e. The Kier molecular flexibility index (Phi) is 4.77. The highest BCUT2D eigenvalue weighted by molar-refractivity contribution is 7.13. The molecule has 0 spiro atoms. The number of likely N-dealkylation sites (tertiary alicyclic amines) is 1. The number of hydrogen-bond donors (Lipinski definition) is 2. The monoisotopic (exact) mass is 295 g/mol. The summed E-state index contributed by atoms with van der Waals surface area (Å²) < 4.78 is 0. The van der Waals surface area contributed by atoms with Gasteiger partial charge in [-0.1, -0.05) is 6.08 Å². The second kappa shape index (κ2) is 6.37. The summed E-state index contributed by atoms with van der Waals surface area (Å²) in [6.45, 7) is 5.14. The molecule has 1 amide bonds. The molecule has 6 heteroatoms. The summed E-state index contributed by atoms with van der Waals surface area (Å²) in [4.78, 5) is 18.5. The van der Waals surface area contributed by atoms with E-state index in [1.54, 1.807) is 17.3 Å². The molecule has 110 valence electrons. The number of aliphatic hydroxyl groups is 1. The fourth-order valence-corrected chi connectivity index (χ4v) is 3.34. The van der Waals surface area contributed by atoms with Crippen molar-refractivity contribution in [3.05, 3.63) is 23.7 Å². The Balaban J connectivity index is 2.11. The fourth-order valence-electron chi connectivity index (χ4n) is 2.70. The van der Waals surface area contributed by atoms with Gasteiger partial charge in [0.2, 0.25) is 0 Å². The van der Waals surface area contributed by atoms with Crippen molar-refractivity contribution in [3.63, 3.8) is 0 Å². The molecule has 0 aliphatic carbocycles. The van der Waals surface area contributed by atoms with Gasteiger partial charge in [-0.05, 0) is 19.3 Å². The van der Waals surface area contributed by atoms with Crippen LogP contribution < -0.4 is 5.32 Å². The molecule has 1 saturated heterocycles. The van der Waals surface area contributed by atoms with E-state index in [0.29, 0.717) is 12.2 Å². The molecule has 1 aliphatic heterocycles. The fraction of sp³-hybridized carbons (Fsp3) is 0.571. The van der Waals surface area contributed by atoms with Crippen LogP contribution >= 0.6 is 11.3 Å². The summed E-state index contributed by atoms with van der Waals surface area (Å²) in [6, 6.07) is 0. The molecule has 2 N–H and O–H groups in total. The van der Waals surface area contributed by atoms with Crippen LogP contribution in [0.3, 0.4) is 0 Å². The molecule has 1 fully saturated rings. The van der Waals surface area contributed by atoms with Crippen LogP contribution in [0.25, 0.3) is 0 Å². The zero-order valence-corrected chi connectivity index (χ0v) is 12.6. The lowest BCUT2D eigenvalue weighted by molar-refractivity contribution is 0.0282. The summed E-state index contributed by atoms with van der Waals surface area (Å²) >= 11 is 1.42.